The van der Waals surface area contributed by atoms with Crippen LogP contribution in [0.2, 0.25) is 0 Å². The number of ketones is 1. The second-order valence-electron chi connectivity index (χ2n) is 9.24. The van der Waals surface area contributed by atoms with Crippen LogP contribution in [0.3, 0.4) is 0 Å². The van der Waals surface area contributed by atoms with Crippen molar-refractivity contribution >= 4 is 5.78 Å². The Hall–Kier alpha value is -0.750. The highest BCUT2D eigenvalue weighted by molar-refractivity contribution is 5.80. The number of rotatable bonds is 5. The molecule has 5 heteroatoms. The molecule has 140 valence electrons. The van der Waals surface area contributed by atoms with Gasteiger partial charge in [-0.2, -0.15) is 0 Å². The van der Waals surface area contributed by atoms with Crippen molar-refractivity contribution in [1.29, 1.82) is 0 Å². The van der Waals surface area contributed by atoms with Crippen LogP contribution in [0.25, 0.3) is 0 Å². The maximum Gasteiger partial charge on any atom is 0.201 e. The first-order valence-corrected chi connectivity index (χ1v) is 9.54. The molecule has 0 aromatic rings. The van der Waals surface area contributed by atoms with Gasteiger partial charge in [-0.3, -0.25) is 4.79 Å². The zero-order valence-corrected chi connectivity index (χ0v) is 15.5. The van der Waals surface area contributed by atoms with E-state index in [1.807, 2.05) is 13.8 Å². The third kappa shape index (κ3) is 1.96. The summed E-state index contributed by atoms with van der Waals surface area (Å²) in [6.07, 6.45) is 3.02. The van der Waals surface area contributed by atoms with E-state index in [2.05, 4.69) is 13.5 Å². The van der Waals surface area contributed by atoms with E-state index in [4.69, 9.17) is 9.47 Å². The van der Waals surface area contributed by atoms with Crippen LogP contribution < -0.4 is 0 Å². The van der Waals surface area contributed by atoms with Crippen LogP contribution in [0.4, 0.5) is 0 Å². The van der Waals surface area contributed by atoms with Crippen LogP contribution >= 0.6 is 0 Å². The molecule has 0 aromatic carbocycles. The summed E-state index contributed by atoms with van der Waals surface area (Å²) in [5, 5.41) is 21.1. The molecule has 0 unspecified atom stereocenters. The minimum atomic E-state index is -0.748. The molecule has 3 heterocycles. The third-order valence-electron chi connectivity index (χ3n) is 7.62. The monoisotopic (exact) mass is 350 g/mol. The average Bonchev–Trinajstić information content (AvgIpc) is 3.23. The quantitative estimate of drug-likeness (QED) is 0.588. The van der Waals surface area contributed by atoms with Gasteiger partial charge in [-0.15, -0.1) is 0 Å². The van der Waals surface area contributed by atoms with Crippen LogP contribution in [-0.2, 0) is 14.3 Å². The Morgan fingerprint density at radius 2 is 2.16 bits per heavy atom. The standard InChI is InChI=1S/C20H30O5/c1-12(2)14(22)7-8-17(4)10-19-13(3)5-6-15(23)18(19,11-21)9-16-20(17,24-16)25-19/h12,15-16,21,23H,3,5-11H2,1-2,4H3/t15-,16-,17-,18+,19+,20-/m1/s1. The fraction of sp³-hybridized carbons (Fsp3) is 0.850. The van der Waals surface area contributed by atoms with E-state index in [0.717, 1.165) is 5.57 Å². The van der Waals surface area contributed by atoms with E-state index < -0.39 is 22.9 Å². The molecule has 1 aliphatic carbocycles. The first-order valence-electron chi connectivity index (χ1n) is 9.54. The molecule has 2 spiro atoms. The molecule has 4 fully saturated rings. The lowest BCUT2D eigenvalue weighted by Crippen LogP contribution is -2.63. The summed E-state index contributed by atoms with van der Waals surface area (Å²) < 4.78 is 12.7. The Morgan fingerprint density at radius 3 is 2.80 bits per heavy atom. The molecule has 4 rings (SSSR count). The minimum absolute atomic E-state index is 0.0277. The molecular weight excluding hydrogens is 320 g/mol. The zero-order chi connectivity index (χ0) is 18.3. The van der Waals surface area contributed by atoms with Gasteiger partial charge in [-0.25, -0.2) is 0 Å². The lowest BCUT2D eigenvalue weighted by Gasteiger charge is -2.55. The summed E-state index contributed by atoms with van der Waals surface area (Å²) in [5.41, 5.74) is -0.840. The van der Waals surface area contributed by atoms with Gasteiger partial charge < -0.3 is 19.7 Å². The Labute approximate surface area is 149 Å². The predicted molar refractivity (Wildman–Crippen MR) is 91.7 cm³/mol. The van der Waals surface area contributed by atoms with Crippen molar-refractivity contribution in [2.45, 2.75) is 82.9 Å². The number of aliphatic hydroxyl groups excluding tert-OH is 2. The van der Waals surface area contributed by atoms with E-state index in [-0.39, 0.29) is 29.8 Å². The third-order valence-corrected chi connectivity index (χ3v) is 7.62. The average molecular weight is 350 g/mol. The molecule has 25 heavy (non-hydrogen) atoms. The second kappa shape index (κ2) is 5.16. The van der Waals surface area contributed by atoms with Gasteiger partial charge >= 0.3 is 0 Å². The van der Waals surface area contributed by atoms with Gasteiger partial charge in [0.15, 0.2) is 0 Å². The van der Waals surface area contributed by atoms with Crippen LogP contribution in [0.5, 0.6) is 0 Å². The minimum Gasteiger partial charge on any atom is -0.396 e. The van der Waals surface area contributed by atoms with Crippen LogP contribution in [-0.4, -0.2) is 46.2 Å². The molecular formula is C20H30O5. The molecule has 0 radical (unpaired) electrons. The van der Waals surface area contributed by atoms with Gasteiger partial charge in [0.2, 0.25) is 5.79 Å². The molecule has 1 saturated carbocycles. The van der Waals surface area contributed by atoms with Gasteiger partial charge in [-0.1, -0.05) is 27.4 Å². The fourth-order valence-corrected chi connectivity index (χ4v) is 5.83. The van der Waals surface area contributed by atoms with Crippen molar-refractivity contribution in [2.24, 2.45) is 16.7 Å². The second-order valence-corrected chi connectivity index (χ2v) is 9.24. The summed E-state index contributed by atoms with van der Waals surface area (Å²) in [6.45, 7) is 10.1. The predicted octanol–water partition coefficient (Wildman–Crippen LogP) is 2.35. The zero-order valence-electron chi connectivity index (χ0n) is 15.5. The van der Waals surface area contributed by atoms with E-state index in [1.54, 1.807) is 0 Å². The lowest BCUT2D eigenvalue weighted by molar-refractivity contribution is -0.222. The molecule has 3 saturated heterocycles. The summed E-state index contributed by atoms with van der Waals surface area (Å²) in [6, 6.07) is 0. The number of carbonyl (C=O) groups is 1. The number of hydrogen-bond donors (Lipinski definition) is 2. The maximum atomic E-state index is 12.2. The van der Waals surface area contributed by atoms with Crippen LogP contribution in [0, 0.1) is 16.7 Å². The van der Waals surface area contributed by atoms with Crippen molar-refractivity contribution in [1.82, 2.24) is 0 Å². The SMILES string of the molecule is C=C1CC[C@@H](O)[C@@]2(CO)C[C@H]3O[C@@]34O[C@@]12C[C@@]4(C)CCC(=O)C(C)C. The molecule has 2 bridgehead atoms. The number of epoxide rings is 1. The summed E-state index contributed by atoms with van der Waals surface area (Å²) in [4.78, 5) is 12.2. The van der Waals surface area contributed by atoms with Crippen molar-refractivity contribution in [3.8, 4) is 0 Å². The number of aliphatic hydroxyl groups is 2. The highest BCUT2D eigenvalue weighted by Crippen LogP contribution is 2.76. The molecule has 0 aromatic heterocycles. The van der Waals surface area contributed by atoms with Crippen molar-refractivity contribution in [3.63, 3.8) is 0 Å². The van der Waals surface area contributed by atoms with Crippen molar-refractivity contribution < 1.29 is 24.5 Å². The topological polar surface area (TPSA) is 79.3 Å². The number of carbonyl (C=O) groups excluding carboxylic acids is 1. The molecule has 0 amide bonds. The molecule has 6 atom stereocenters. The lowest BCUT2D eigenvalue weighted by atomic mass is 9.56. The van der Waals surface area contributed by atoms with Crippen LogP contribution in [0.1, 0.15) is 59.3 Å². The Bertz CT molecular complexity index is 630. The largest absolute Gasteiger partial charge is 0.396 e. The normalized spacial score (nSPS) is 50.6. The van der Waals surface area contributed by atoms with E-state index >= 15 is 0 Å². The van der Waals surface area contributed by atoms with Gasteiger partial charge in [0, 0.05) is 17.8 Å². The van der Waals surface area contributed by atoms with Crippen molar-refractivity contribution in [3.05, 3.63) is 12.2 Å². The maximum absolute atomic E-state index is 12.2. The van der Waals surface area contributed by atoms with Gasteiger partial charge in [0.25, 0.3) is 0 Å². The number of Topliss-reactive ketones (excluding diaryl/α,β-unsaturated/α-hetero) is 1. The number of hydrogen-bond acceptors (Lipinski definition) is 5. The highest BCUT2D eigenvalue weighted by Gasteiger charge is 2.85. The van der Waals surface area contributed by atoms with Gasteiger partial charge in [-0.05, 0) is 37.7 Å². The molecule has 4 aliphatic rings. The molecule has 5 nitrogen and oxygen atoms in total. The summed E-state index contributed by atoms with van der Waals surface area (Å²) >= 11 is 0. The highest BCUT2D eigenvalue weighted by atomic mass is 16.8. The van der Waals surface area contributed by atoms with Crippen molar-refractivity contribution in [2.75, 3.05) is 6.61 Å². The Balaban J connectivity index is 1.70. The first kappa shape index (κ1) is 17.7. The van der Waals surface area contributed by atoms with Gasteiger partial charge in [0.05, 0.1) is 18.1 Å². The van der Waals surface area contributed by atoms with E-state index in [9.17, 15) is 15.0 Å². The molecule has 2 N–H and O–H groups in total. The van der Waals surface area contributed by atoms with E-state index in [0.29, 0.717) is 38.5 Å². The fourth-order valence-electron chi connectivity index (χ4n) is 5.83. The number of ether oxygens (including phenoxy) is 2. The Morgan fingerprint density at radius 1 is 1.44 bits per heavy atom. The molecule has 3 aliphatic heterocycles. The van der Waals surface area contributed by atoms with Gasteiger partial charge in [0.1, 0.15) is 17.5 Å². The summed E-state index contributed by atoms with van der Waals surface area (Å²) in [7, 11) is 0. The van der Waals surface area contributed by atoms with E-state index in [1.165, 1.54) is 0 Å². The Kier molecular flexibility index (Phi) is 3.64. The smallest absolute Gasteiger partial charge is 0.201 e. The van der Waals surface area contributed by atoms with Crippen LogP contribution in [0.15, 0.2) is 12.2 Å². The first-order chi connectivity index (χ1) is 11.7. The summed E-state index contributed by atoms with van der Waals surface area (Å²) in [5.74, 6) is -0.396.